The van der Waals surface area contributed by atoms with E-state index < -0.39 is 11.9 Å². The number of aromatic hydroxyl groups is 1. The third kappa shape index (κ3) is 7.32. The van der Waals surface area contributed by atoms with Gasteiger partial charge in [0, 0.05) is 69.5 Å². The summed E-state index contributed by atoms with van der Waals surface area (Å²) in [6.07, 6.45) is 7.30. The molecule has 0 amide bonds. The van der Waals surface area contributed by atoms with Crippen LogP contribution in [0.2, 0.25) is 0 Å². The molecule has 7 heterocycles. The van der Waals surface area contributed by atoms with Gasteiger partial charge in [-0.25, -0.2) is 0 Å². The maximum Gasteiger partial charge on any atom is 0.314 e. The molecule has 5 aliphatic rings. The van der Waals surface area contributed by atoms with Crippen molar-refractivity contribution >= 4 is 23.3 Å². The van der Waals surface area contributed by atoms with E-state index in [-0.39, 0.29) is 11.7 Å². The zero-order valence-electron chi connectivity index (χ0n) is 30.7. The van der Waals surface area contributed by atoms with Crippen LogP contribution in [0.5, 0.6) is 5.75 Å². The van der Waals surface area contributed by atoms with E-state index in [4.69, 9.17) is 4.52 Å². The number of fused-ring (bicyclic) bond motifs is 3. The highest BCUT2D eigenvalue weighted by atomic mass is 16.5. The number of likely N-dealkylation sites (tertiary alicyclic amines) is 2. The molecule has 0 bridgehead atoms. The number of carbonyl (C=O) groups is 1. The van der Waals surface area contributed by atoms with Gasteiger partial charge in [-0.2, -0.15) is 0 Å². The van der Waals surface area contributed by atoms with Gasteiger partial charge in [0.25, 0.3) is 0 Å². The zero-order valence-corrected chi connectivity index (χ0v) is 30.7. The summed E-state index contributed by atoms with van der Waals surface area (Å²) in [6.45, 7) is 15.6. The number of anilines is 3. The Morgan fingerprint density at radius 1 is 0.885 bits per heavy atom. The fourth-order valence-electron chi connectivity index (χ4n) is 9.57. The monoisotopic (exact) mass is 713 g/mol. The summed E-state index contributed by atoms with van der Waals surface area (Å²) in [4.78, 5) is 24.7. The van der Waals surface area contributed by atoms with Crippen LogP contribution in [0.4, 0.5) is 17.3 Å². The first-order valence-electron chi connectivity index (χ1n) is 19.6. The molecule has 4 fully saturated rings. The number of nitrogens with zero attached hydrogens (tertiary/aromatic N) is 8. The third-order valence-corrected chi connectivity index (χ3v) is 12.6. The number of phenols is 1. The van der Waals surface area contributed by atoms with Crippen LogP contribution < -0.4 is 15.1 Å². The Hall–Kier alpha value is -3.94. The van der Waals surface area contributed by atoms with Crippen LogP contribution >= 0.6 is 0 Å². The summed E-state index contributed by atoms with van der Waals surface area (Å²) in [7, 11) is 0. The minimum Gasteiger partial charge on any atom is -0.507 e. The number of hydrogen-bond acceptors (Lipinski definition) is 12. The minimum atomic E-state index is -0.859. The van der Waals surface area contributed by atoms with E-state index in [1.165, 1.54) is 58.4 Å². The number of carboxylic acid groups (broad SMARTS) is 1. The van der Waals surface area contributed by atoms with Gasteiger partial charge in [-0.05, 0) is 94.7 Å². The number of aromatic nitrogens is 3. The summed E-state index contributed by atoms with van der Waals surface area (Å²) in [5.74, 6) is 1.42. The molecule has 13 nitrogen and oxygen atoms in total. The second-order valence-electron chi connectivity index (χ2n) is 16.1. The molecule has 5 aliphatic heterocycles. The summed E-state index contributed by atoms with van der Waals surface area (Å²) >= 11 is 0. The number of aliphatic carboxylic acids is 1. The van der Waals surface area contributed by atoms with Gasteiger partial charge >= 0.3 is 5.97 Å². The van der Waals surface area contributed by atoms with Gasteiger partial charge in [-0.3, -0.25) is 9.69 Å². The second-order valence-corrected chi connectivity index (χ2v) is 16.1. The molecule has 3 N–H and O–H groups in total. The Morgan fingerprint density at radius 3 is 2.35 bits per heavy atom. The highest BCUT2D eigenvalue weighted by Gasteiger charge is 2.38. The van der Waals surface area contributed by atoms with Crippen LogP contribution in [-0.2, 0) is 4.79 Å². The highest BCUT2D eigenvalue weighted by molar-refractivity contribution is 5.77. The molecular weight excluding hydrogens is 658 g/mol. The van der Waals surface area contributed by atoms with E-state index >= 15 is 0 Å². The molecule has 0 saturated carbocycles. The Labute approximate surface area is 306 Å². The van der Waals surface area contributed by atoms with Crippen molar-refractivity contribution in [2.45, 2.75) is 76.4 Å². The van der Waals surface area contributed by atoms with Crippen LogP contribution in [0.1, 0.15) is 64.1 Å². The van der Waals surface area contributed by atoms with E-state index in [9.17, 15) is 15.0 Å². The van der Waals surface area contributed by atoms with Crippen molar-refractivity contribution in [3.63, 3.8) is 0 Å². The number of piperazine rings is 1. The van der Waals surface area contributed by atoms with E-state index in [2.05, 4.69) is 51.2 Å². The van der Waals surface area contributed by atoms with Gasteiger partial charge < -0.3 is 39.7 Å². The first-order valence-corrected chi connectivity index (χ1v) is 19.6. The Morgan fingerprint density at radius 2 is 1.62 bits per heavy atom. The molecule has 2 atom stereocenters. The molecule has 0 radical (unpaired) electrons. The molecule has 0 aliphatic carbocycles. The van der Waals surface area contributed by atoms with Crippen molar-refractivity contribution in [2.24, 2.45) is 11.8 Å². The molecule has 13 heteroatoms. The van der Waals surface area contributed by atoms with Crippen LogP contribution in [0, 0.1) is 11.8 Å². The molecule has 4 saturated heterocycles. The van der Waals surface area contributed by atoms with Crippen molar-refractivity contribution < 1.29 is 19.5 Å². The smallest absolute Gasteiger partial charge is 0.314 e. The van der Waals surface area contributed by atoms with Crippen LogP contribution in [-0.4, -0.2) is 136 Å². The average Bonchev–Trinajstić information content (AvgIpc) is 3.64. The standard InChI is InChI=1S/C39H55N9O4/c1-26(2)37(39(50)51)35-22-36(43-52-35)46-15-7-27(8-16-46)24-44-13-9-28(10-14-44)45-17-11-29(12-18-45)47-19-20-48-30(25-47)23-40-38-33(48)21-32(41-42-38)31-5-3-4-6-34(31)49/h3-6,21-22,26-30,37,49H,7-20,23-25H2,1-2H3,(H,40,42)(H,50,51)/t30-,37?/m0/s1. The summed E-state index contributed by atoms with van der Waals surface area (Å²) in [6, 6.07) is 13.0. The van der Waals surface area contributed by atoms with Crippen LogP contribution in [0.3, 0.4) is 0 Å². The van der Waals surface area contributed by atoms with Crippen molar-refractivity contribution in [1.82, 2.24) is 30.1 Å². The highest BCUT2D eigenvalue weighted by Crippen LogP contribution is 2.37. The number of rotatable bonds is 9. The number of nitrogens with one attached hydrogen (secondary N) is 1. The number of hydrogen-bond donors (Lipinski definition) is 3. The number of phenolic OH excluding ortho intramolecular Hbond substituents is 1. The normalized spacial score (nSPS) is 23.7. The third-order valence-electron chi connectivity index (χ3n) is 12.6. The Balaban J connectivity index is 0.763. The predicted molar refractivity (Wildman–Crippen MR) is 201 cm³/mol. The number of para-hydroxylation sites is 1. The number of carboxylic acids is 1. The lowest BCUT2D eigenvalue weighted by Gasteiger charge is -2.50. The van der Waals surface area contributed by atoms with E-state index in [0.717, 1.165) is 69.4 Å². The maximum absolute atomic E-state index is 11.7. The van der Waals surface area contributed by atoms with Gasteiger partial charge in [0.15, 0.2) is 17.4 Å². The lowest BCUT2D eigenvalue weighted by Crippen LogP contribution is -2.61. The molecule has 3 aromatic rings. The maximum atomic E-state index is 11.7. The summed E-state index contributed by atoms with van der Waals surface area (Å²) in [5, 5.41) is 36.7. The van der Waals surface area contributed by atoms with E-state index in [0.29, 0.717) is 41.1 Å². The van der Waals surface area contributed by atoms with E-state index in [1.54, 1.807) is 6.07 Å². The Bertz CT molecular complexity index is 1680. The van der Waals surface area contributed by atoms with Gasteiger partial charge in [0.1, 0.15) is 11.7 Å². The van der Waals surface area contributed by atoms with Crippen molar-refractivity contribution in [2.75, 3.05) is 87.1 Å². The predicted octanol–water partition coefficient (Wildman–Crippen LogP) is 4.42. The molecule has 1 aromatic carbocycles. The number of piperidine rings is 3. The summed E-state index contributed by atoms with van der Waals surface area (Å²) in [5.41, 5.74) is 2.52. The summed E-state index contributed by atoms with van der Waals surface area (Å²) < 4.78 is 5.49. The minimum absolute atomic E-state index is 0.0497. The largest absolute Gasteiger partial charge is 0.507 e. The molecule has 2 aromatic heterocycles. The molecule has 52 heavy (non-hydrogen) atoms. The number of benzene rings is 1. The zero-order chi connectivity index (χ0) is 35.8. The van der Waals surface area contributed by atoms with Crippen LogP contribution in [0.25, 0.3) is 11.3 Å². The van der Waals surface area contributed by atoms with Gasteiger partial charge in [-0.15, -0.1) is 10.2 Å². The fourth-order valence-corrected chi connectivity index (χ4v) is 9.57. The second kappa shape index (κ2) is 15.2. The molecular formula is C39H55N9O4. The lowest BCUT2D eigenvalue weighted by molar-refractivity contribution is -0.140. The van der Waals surface area contributed by atoms with Crippen molar-refractivity contribution in [3.8, 4) is 17.0 Å². The fraction of sp³-hybridized carbons (Fsp3) is 0.641. The van der Waals surface area contributed by atoms with Crippen molar-refractivity contribution in [1.29, 1.82) is 0 Å². The Kier molecular flexibility index (Phi) is 10.3. The lowest BCUT2D eigenvalue weighted by atomic mass is 9.92. The SMILES string of the molecule is CC(C)C(C(=O)O)c1cc(N2CCC(CN3CCC(N4CCC(N5CCN6c7cc(-c8ccccc8O)nnc7NC[C@H]6C5)CC4)CC3)CC2)no1. The molecule has 280 valence electrons. The van der Waals surface area contributed by atoms with Crippen LogP contribution in [0.15, 0.2) is 40.9 Å². The topological polar surface area (TPSA) is 138 Å². The van der Waals surface area contributed by atoms with Crippen molar-refractivity contribution in [3.05, 3.63) is 42.2 Å². The molecule has 0 spiro atoms. The molecule has 8 rings (SSSR count). The molecule has 1 unspecified atom stereocenters. The van der Waals surface area contributed by atoms with Gasteiger partial charge in [0.2, 0.25) is 0 Å². The van der Waals surface area contributed by atoms with E-state index in [1.807, 2.05) is 38.1 Å². The van der Waals surface area contributed by atoms with Gasteiger partial charge in [-0.1, -0.05) is 31.1 Å². The first-order chi connectivity index (χ1) is 25.3. The quantitative estimate of drug-likeness (QED) is 0.289. The first kappa shape index (κ1) is 35.1. The van der Waals surface area contributed by atoms with Gasteiger partial charge in [0.05, 0.1) is 17.4 Å². The average molecular weight is 714 g/mol.